The molecule has 108 valence electrons. The molecule has 1 aromatic heterocycles. The van der Waals surface area contributed by atoms with Crippen LogP contribution in [0.15, 0.2) is 18.2 Å². The molecule has 0 radical (unpaired) electrons. The van der Waals surface area contributed by atoms with Crippen molar-refractivity contribution in [3.63, 3.8) is 0 Å². The predicted molar refractivity (Wildman–Crippen MR) is 72.2 cm³/mol. The van der Waals surface area contributed by atoms with Crippen LogP contribution in [-0.2, 0) is 4.79 Å². The molecule has 0 saturated heterocycles. The minimum Gasteiger partial charge on any atom is -0.301 e. The van der Waals surface area contributed by atoms with Crippen molar-refractivity contribution in [2.45, 2.75) is 6.18 Å². The summed E-state index contributed by atoms with van der Waals surface area (Å²) in [6, 6.07) is 5.07. The fourth-order valence-electron chi connectivity index (χ4n) is 1.43. The van der Waals surface area contributed by atoms with Gasteiger partial charge in [0, 0.05) is 5.02 Å². The molecule has 0 unspecified atom stereocenters. The zero-order valence-corrected chi connectivity index (χ0v) is 11.5. The summed E-state index contributed by atoms with van der Waals surface area (Å²) >= 11 is 7.02. The zero-order valence-electron chi connectivity index (χ0n) is 9.92. The Morgan fingerprint density at radius 2 is 2.15 bits per heavy atom. The number of halogens is 4. The van der Waals surface area contributed by atoms with E-state index >= 15 is 0 Å². The second-order valence-corrected chi connectivity index (χ2v) is 5.37. The van der Waals surface area contributed by atoms with Crippen LogP contribution in [0.3, 0.4) is 0 Å². The Labute approximate surface area is 120 Å². The SMILES string of the molecule is O=C(CNCC(F)(F)F)Nc1nc2ccc(Cl)cc2s1. The third-order valence-electron chi connectivity index (χ3n) is 2.21. The number of carbonyl (C=O) groups excluding carboxylic acids is 1. The maximum atomic E-state index is 11.9. The molecule has 2 N–H and O–H groups in total. The molecule has 0 atom stereocenters. The topological polar surface area (TPSA) is 54.0 Å². The minimum atomic E-state index is -4.34. The highest BCUT2D eigenvalue weighted by Crippen LogP contribution is 2.28. The molecule has 9 heteroatoms. The molecule has 1 aromatic carbocycles. The van der Waals surface area contributed by atoms with Crippen molar-refractivity contribution < 1.29 is 18.0 Å². The molecular weight excluding hydrogens is 315 g/mol. The Bertz CT molecular complexity index is 629. The number of nitrogens with one attached hydrogen (secondary N) is 2. The van der Waals surface area contributed by atoms with Crippen molar-refractivity contribution >= 4 is 44.2 Å². The number of hydrogen-bond donors (Lipinski definition) is 2. The third-order valence-corrected chi connectivity index (χ3v) is 3.38. The molecule has 20 heavy (non-hydrogen) atoms. The van der Waals surface area contributed by atoms with Gasteiger partial charge in [0.1, 0.15) is 0 Å². The molecule has 1 amide bonds. The van der Waals surface area contributed by atoms with Crippen LogP contribution < -0.4 is 10.6 Å². The molecule has 0 spiro atoms. The first-order valence-electron chi connectivity index (χ1n) is 5.47. The van der Waals surface area contributed by atoms with Crippen LogP contribution in [0.5, 0.6) is 0 Å². The van der Waals surface area contributed by atoms with Crippen molar-refractivity contribution in [1.82, 2.24) is 10.3 Å². The standard InChI is InChI=1S/C11H9ClF3N3OS/c12-6-1-2-7-8(3-6)20-10(17-7)18-9(19)4-16-5-11(13,14)15/h1-3,16H,4-5H2,(H,17,18,19). The van der Waals surface area contributed by atoms with E-state index < -0.39 is 25.2 Å². The van der Waals surface area contributed by atoms with Crippen molar-refractivity contribution in [2.24, 2.45) is 0 Å². The van der Waals surface area contributed by atoms with Gasteiger partial charge in [0.15, 0.2) is 5.13 Å². The van der Waals surface area contributed by atoms with E-state index in [0.29, 0.717) is 15.7 Å². The highest BCUT2D eigenvalue weighted by atomic mass is 35.5. The summed E-state index contributed by atoms with van der Waals surface area (Å²) in [4.78, 5) is 15.6. The van der Waals surface area contributed by atoms with Gasteiger partial charge in [0.05, 0.1) is 23.3 Å². The summed E-state index contributed by atoms with van der Waals surface area (Å²) < 4.78 is 36.5. The Balaban J connectivity index is 1.93. The van der Waals surface area contributed by atoms with Gasteiger partial charge in [-0.15, -0.1) is 0 Å². The molecule has 0 aliphatic rings. The second-order valence-electron chi connectivity index (χ2n) is 3.90. The van der Waals surface area contributed by atoms with Crippen molar-refractivity contribution in [2.75, 3.05) is 18.4 Å². The highest BCUT2D eigenvalue weighted by molar-refractivity contribution is 7.22. The number of amides is 1. The fraction of sp³-hybridized carbons (Fsp3) is 0.273. The Morgan fingerprint density at radius 1 is 1.40 bits per heavy atom. The van der Waals surface area contributed by atoms with Gasteiger partial charge in [-0.2, -0.15) is 13.2 Å². The maximum absolute atomic E-state index is 11.9. The molecule has 4 nitrogen and oxygen atoms in total. The number of rotatable bonds is 4. The van der Waals surface area contributed by atoms with E-state index in [2.05, 4.69) is 10.3 Å². The Kier molecular flexibility index (Phi) is 4.46. The number of nitrogens with zero attached hydrogens (tertiary/aromatic N) is 1. The van der Waals surface area contributed by atoms with E-state index in [1.54, 1.807) is 18.2 Å². The van der Waals surface area contributed by atoms with Crippen molar-refractivity contribution in [1.29, 1.82) is 0 Å². The van der Waals surface area contributed by atoms with Gasteiger partial charge in [-0.3, -0.25) is 4.79 Å². The average molecular weight is 324 g/mol. The number of carbonyl (C=O) groups is 1. The molecule has 0 aliphatic heterocycles. The number of alkyl halides is 3. The first-order chi connectivity index (χ1) is 9.33. The fourth-order valence-corrected chi connectivity index (χ4v) is 2.59. The Hall–Kier alpha value is -1.38. The highest BCUT2D eigenvalue weighted by Gasteiger charge is 2.26. The van der Waals surface area contributed by atoms with E-state index in [-0.39, 0.29) is 0 Å². The van der Waals surface area contributed by atoms with E-state index in [1.807, 2.05) is 5.32 Å². The molecule has 2 aromatic rings. The first kappa shape index (κ1) is 15.0. The van der Waals surface area contributed by atoms with Gasteiger partial charge in [0.25, 0.3) is 0 Å². The van der Waals surface area contributed by atoms with Crippen LogP contribution in [0.4, 0.5) is 18.3 Å². The summed E-state index contributed by atoms with van der Waals surface area (Å²) in [7, 11) is 0. The average Bonchev–Trinajstić information content (AvgIpc) is 2.68. The second kappa shape index (κ2) is 5.94. The van der Waals surface area contributed by atoms with Gasteiger partial charge in [-0.25, -0.2) is 4.98 Å². The number of hydrogen-bond acceptors (Lipinski definition) is 4. The number of anilines is 1. The lowest BCUT2D eigenvalue weighted by Crippen LogP contribution is -2.35. The van der Waals surface area contributed by atoms with Gasteiger partial charge in [-0.05, 0) is 18.2 Å². The lowest BCUT2D eigenvalue weighted by Gasteiger charge is -2.07. The molecule has 0 saturated carbocycles. The maximum Gasteiger partial charge on any atom is 0.401 e. The number of thiazole rings is 1. The smallest absolute Gasteiger partial charge is 0.301 e. The summed E-state index contributed by atoms with van der Waals surface area (Å²) in [5, 5.41) is 5.31. The zero-order chi connectivity index (χ0) is 14.8. The molecule has 0 aliphatic carbocycles. The van der Waals surface area contributed by atoms with Crippen molar-refractivity contribution in [3.05, 3.63) is 23.2 Å². The molecule has 2 rings (SSSR count). The van der Waals surface area contributed by atoms with Gasteiger partial charge >= 0.3 is 6.18 Å². The van der Waals surface area contributed by atoms with Gasteiger partial charge in [0.2, 0.25) is 5.91 Å². The van der Waals surface area contributed by atoms with Gasteiger partial charge < -0.3 is 10.6 Å². The van der Waals surface area contributed by atoms with Crippen molar-refractivity contribution in [3.8, 4) is 0 Å². The number of benzene rings is 1. The van der Waals surface area contributed by atoms with E-state index in [0.717, 1.165) is 4.70 Å². The van der Waals surface area contributed by atoms with E-state index in [9.17, 15) is 18.0 Å². The van der Waals surface area contributed by atoms with Crippen LogP contribution in [0.25, 0.3) is 10.2 Å². The van der Waals surface area contributed by atoms with E-state index in [1.165, 1.54) is 11.3 Å². The monoisotopic (exact) mass is 323 g/mol. The molecule has 0 fully saturated rings. The van der Waals surface area contributed by atoms with Crippen LogP contribution in [0.1, 0.15) is 0 Å². The lowest BCUT2D eigenvalue weighted by molar-refractivity contribution is -0.126. The van der Waals surface area contributed by atoms with E-state index in [4.69, 9.17) is 11.6 Å². The Morgan fingerprint density at radius 3 is 2.85 bits per heavy atom. The number of aromatic nitrogens is 1. The van der Waals surface area contributed by atoms with Crippen LogP contribution >= 0.6 is 22.9 Å². The lowest BCUT2D eigenvalue weighted by atomic mass is 10.3. The quantitative estimate of drug-likeness (QED) is 0.909. The molecule has 1 heterocycles. The third kappa shape index (κ3) is 4.32. The molecule has 0 bridgehead atoms. The summed E-state index contributed by atoms with van der Waals surface area (Å²) in [6.07, 6.45) is -4.34. The van der Waals surface area contributed by atoms with Crippen LogP contribution in [-0.4, -0.2) is 30.2 Å². The summed E-state index contributed by atoms with van der Waals surface area (Å²) in [6.45, 7) is -1.65. The first-order valence-corrected chi connectivity index (χ1v) is 6.66. The normalized spacial score (nSPS) is 11.8. The molecular formula is C11H9ClF3N3OS. The number of fused-ring (bicyclic) bond motifs is 1. The largest absolute Gasteiger partial charge is 0.401 e. The van der Waals surface area contributed by atoms with Crippen LogP contribution in [0, 0.1) is 0 Å². The predicted octanol–water partition coefficient (Wildman–Crippen LogP) is 3.04. The van der Waals surface area contributed by atoms with Gasteiger partial charge in [-0.1, -0.05) is 22.9 Å². The summed E-state index contributed by atoms with van der Waals surface area (Å²) in [5.74, 6) is -0.584. The van der Waals surface area contributed by atoms with Crippen LogP contribution in [0.2, 0.25) is 5.02 Å². The summed E-state index contributed by atoms with van der Waals surface area (Å²) in [5.41, 5.74) is 0.665. The minimum absolute atomic E-state index is 0.320.